The molecule has 0 aromatic heterocycles. The number of fused-ring (bicyclic) bond motifs is 5. The number of ketones is 1. The lowest BCUT2D eigenvalue weighted by molar-refractivity contribution is -0.133. The molecule has 22 heavy (non-hydrogen) atoms. The molecule has 0 radical (unpaired) electrons. The maximum atomic E-state index is 12.2. The number of carbonyl (C=O) groups excluding carboxylic acids is 1. The van der Waals surface area contributed by atoms with E-state index in [1.165, 1.54) is 64.2 Å². The lowest BCUT2D eigenvalue weighted by atomic mass is 9.45. The highest BCUT2D eigenvalue weighted by Gasteiger charge is 2.60. The summed E-state index contributed by atoms with van der Waals surface area (Å²) in [6, 6.07) is 0. The Morgan fingerprint density at radius 3 is 2.36 bits per heavy atom. The third-order valence-corrected chi connectivity index (χ3v) is 9.07. The molecule has 0 aromatic rings. The van der Waals surface area contributed by atoms with E-state index in [1.807, 2.05) is 6.92 Å². The minimum atomic E-state index is 0.338. The van der Waals surface area contributed by atoms with Gasteiger partial charge in [0.1, 0.15) is 5.78 Å². The van der Waals surface area contributed by atoms with Crippen LogP contribution in [0.3, 0.4) is 0 Å². The van der Waals surface area contributed by atoms with Crippen LogP contribution in [-0.4, -0.2) is 5.78 Å². The van der Waals surface area contributed by atoms with Crippen molar-refractivity contribution in [1.29, 1.82) is 0 Å². The van der Waals surface area contributed by atoms with Gasteiger partial charge in [-0.15, -0.1) is 0 Å². The van der Waals surface area contributed by atoms with Gasteiger partial charge < -0.3 is 0 Å². The second-order valence-corrected chi connectivity index (χ2v) is 9.69. The van der Waals surface area contributed by atoms with Crippen LogP contribution < -0.4 is 0 Å². The van der Waals surface area contributed by atoms with Crippen molar-refractivity contribution < 1.29 is 4.79 Å². The first-order valence-electron chi connectivity index (χ1n) is 9.97. The van der Waals surface area contributed by atoms with Gasteiger partial charge in [-0.3, -0.25) is 4.79 Å². The van der Waals surface area contributed by atoms with Gasteiger partial charge >= 0.3 is 0 Å². The van der Waals surface area contributed by atoms with Crippen molar-refractivity contribution in [3.8, 4) is 0 Å². The normalized spacial score (nSPS) is 54.2. The fourth-order valence-electron chi connectivity index (χ4n) is 7.96. The van der Waals surface area contributed by atoms with Crippen LogP contribution in [0.1, 0.15) is 85.0 Å². The molecule has 4 aliphatic carbocycles. The highest BCUT2D eigenvalue weighted by atomic mass is 16.1. The summed E-state index contributed by atoms with van der Waals surface area (Å²) in [6.07, 6.45) is 14.1. The molecule has 0 heterocycles. The number of hydrogen-bond donors (Lipinski definition) is 0. The second-order valence-electron chi connectivity index (χ2n) is 9.69. The van der Waals surface area contributed by atoms with Gasteiger partial charge in [0.15, 0.2) is 0 Å². The van der Waals surface area contributed by atoms with Gasteiger partial charge in [0, 0.05) is 5.92 Å². The fourth-order valence-corrected chi connectivity index (χ4v) is 7.96. The molecule has 7 atom stereocenters. The monoisotopic (exact) mass is 302 g/mol. The molecule has 0 saturated heterocycles. The number of rotatable bonds is 1. The Balaban J connectivity index is 1.63. The molecular weight excluding hydrogens is 268 g/mol. The van der Waals surface area contributed by atoms with Crippen LogP contribution in [0.25, 0.3) is 0 Å². The van der Waals surface area contributed by atoms with Crippen molar-refractivity contribution in [2.24, 2.45) is 40.4 Å². The predicted octanol–water partition coefficient (Wildman–Crippen LogP) is 5.62. The van der Waals surface area contributed by atoms with Crippen LogP contribution in [0.15, 0.2) is 0 Å². The third-order valence-electron chi connectivity index (χ3n) is 9.07. The zero-order valence-electron chi connectivity index (χ0n) is 14.9. The molecule has 124 valence electrons. The van der Waals surface area contributed by atoms with E-state index in [0.29, 0.717) is 22.5 Å². The highest BCUT2D eigenvalue weighted by Crippen LogP contribution is 2.67. The quantitative estimate of drug-likeness (QED) is 0.614. The summed E-state index contributed by atoms with van der Waals surface area (Å²) in [7, 11) is 0. The molecular formula is C21H34O. The van der Waals surface area contributed by atoms with Crippen LogP contribution in [0.2, 0.25) is 0 Å². The van der Waals surface area contributed by atoms with Crippen LogP contribution in [0.5, 0.6) is 0 Å². The largest absolute Gasteiger partial charge is 0.300 e. The van der Waals surface area contributed by atoms with Gasteiger partial charge in [-0.25, -0.2) is 0 Å². The maximum absolute atomic E-state index is 12.2. The number of hydrogen-bond acceptors (Lipinski definition) is 1. The zero-order chi connectivity index (χ0) is 15.5. The standard InChI is InChI=1S/C21H34O/c1-14(22)17-9-10-18-16-8-7-15-6-4-5-12-20(15,2)19(16)11-13-21(17,18)3/h15-19H,4-13H2,1-3H3/t15-,16-,17-,18+,19+,20+,21+/m1/s1. The van der Waals surface area contributed by atoms with E-state index in [9.17, 15) is 4.79 Å². The molecule has 0 amide bonds. The summed E-state index contributed by atoms with van der Waals surface area (Å²) < 4.78 is 0. The summed E-state index contributed by atoms with van der Waals surface area (Å²) in [6.45, 7) is 6.97. The molecule has 0 N–H and O–H groups in total. The lowest BCUT2D eigenvalue weighted by Crippen LogP contribution is -2.53. The molecule has 4 saturated carbocycles. The SMILES string of the molecule is CC(=O)[C@H]1CC[C@H]2[C@H]3CC[C@H]4CCCC[C@]4(C)[C@H]3CC[C@@]12C. The van der Waals surface area contributed by atoms with E-state index in [0.717, 1.165) is 23.7 Å². The van der Waals surface area contributed by atoms with E-state index in [4.69, 9.17) is 0 Å². The first kappa shape index (κ1) is 15.2. The second kappa shape index (κ2) is 5.08. The van der Waals surface area contributed by atoms with Crippen LogP contribution in [-0.2, 0) is 4.79 Å². The Morgan fingerprint density at radius 2 is 1.59 bits per heavy atom. The molecule has 1 heteroatoms. The van der Waals surface area contributed by atoms with Crippen molar-refractivity contribution in [2.45, 2.75) is 85.0 Å². The molecule has 0 aromatic carbocycles. The summed E-state index contributed by atoms with van der Waals surface area (Å²) in [5.41, 5.74) is 0.974. The number of Topliss-reactive ketones (excluding diaryl/α,β-unsaturated/α-hetero) is 1. The highest BCUT2D eigenvalue weighted by molar-refractivity contribution is 5.79. The van der Waals surface area contributed by atoms with Crippen molar-refractivity contribution in [3.63, 3.8) is 0 Å². The Hall–Kier alpha value is -0.330. The summed E-state index contributed by atoms with van der Waals surface area (Å²) in [4.78, 5) is 12.2. The van der Waals surface area contributed by atoms with Crippen molar-refractivity contribution >= 4 is 5.78 Å². The molecule has 4 aliphatic rings. The first-order chi connectivity index (χ1) is 10.5. The third kappa shape index (κ3) is 1.93. The minimum absolute atomic E-state index is 0.338. The summed E-state index contributed by atoms with van der Waals surface area (Å²) in [5, 5.41) is 0. The van der Waals surface area contributed by atoms with Gasteiger partial charge in [0.25, 0.3) is 0 Å². The fraction of sp³-hybridized carbons (Fsp3) is 0.952. The molecule has 1 nitrogen and oxygen atoms in total. The smallest absolute Gasteiger partial charge is 0.133 e. The van der Waals surface area contributed by atoms with Crippen molar-refractivity contribution in [3.05, 3.63) is 0 Å². The average Bonchev–Trinajstić information content (AvgIpc) is 2.84. The Kier molecular flexibility index (Phi) is 3.51. The van der Waals surface area contributed by atoms with E-state index >= 15 is 0 Å². The average molecular weight is 303 g/mol. The molecule has 4 rings (SSSR count). The van der Waals surface area contributed by atoms with Crippen molar-refractivity contribution in [2.75, 3.05) is 0 Å². The number of carbonyl (C=O) groups is 1. The van der Waals surface area contributed by atoms with Gasteiger partial charge in [0.2, 0.25) is 0 Å². The Labute approximate surface area is 136 Å². The summed E-state index contributed by atoms with van der Waals surface area (Å²) >= 11 is 0. The molecule has 0 bridgehead atoms. The topological polar surface area (TPSA) is 17.1 Å². The lowest BCUT2D eigenvalue weighted by Gasteiger charge is -2.60. The maximum Gasteiger partial charge on any atom is 0.133 e. The summed E-state index contributed by atoms with van der Waals surface area (Å²) in [5.74, 6) is 4.60. The molecule has 4 fully saturated rings. The zero-order valence-corrected chi connectivity index (χ0v) is 14.9. The first-order valence-corrected chi connectivity index (χ1v) is 9.97. The van der Waals surface area contributed by atoms with Crippen LogP contribution in [0, 0.1) is 40.4 Å². The van der Waals surface area contributed by atoms with E-state index < -0.39 is 0 Å². The van der Waals surface area contributed by atoms with Gasteiger partial charge in [0.05, 0.1) is 0 Å². The van der Waals surface area contributed by atoms with E-state index in [1.54, 1.807) is 0 Å². The van der Waals surface area contributed by atoms with Gasteiger partial charge in [-0.1, -0.05) is 26.7 Å². The van der Waals surface area contributed by atoms with Gasteiger partial charge in [-0.05, 0) is 92.8 Å². The predicted molar refractivity (Wildman–Crippen MR) is 90.5 cm³/mol. The molecule has 0 unspecified atom stereocenters. The Morgan fingerprint density at radius 1 is 0.818 bits per heavy atom. The van der Waals surface area contributed by atoms with Gasteiger partial charge in [-0.2, -0.15) is 0 Å². The minimum Gasteiger partial charge on any atom is -0.300 e. The van der Waals surface area contributed by atoms with Crippen LogP contribution >= 0.6 is 0 Å². The van der Waals surface area contributed by atoms with Crippen molar-refractivity contribution in [1.82, 2.24) is 0 Å². The van der Waals surface area contributed by atoms with Crippen LogP contribution in [0.4, 0.5) is 0 Å². The molecule has 0 aliphatic heterocycles. The van der Waals surface area contributed by atoms with E-state index in [-0.39, 0.29) is 0 Å². The Bertz CT molecular complexity index is 469. The van der Waals surface area contributed by atoms with E-state index in [2.05, 4.69) is 13.8 Å². The molecule has 0 spiro atoms.